The Bertz CT molecular complexity index is 585. The first kappa shape index (κ1) is 12.2. The predicted molar refractivity (Wildman–Crippen MR) is 69.5 cm³/mol. The molecule has 0 aliphatic rings. The molecule has 0 fully saturated rings. The number of fused-ring (bicyclic) bond motifs is 1. The number of alkyl halides is 1. The molecule has 0 saturated heterocycles. The first-order valence-electron chi connectivity index (χ1n) is 5.78. The smallest absolute Gasteiger partial charge is 0.408 e. The highest BCUT2D eigenvalue weighted by Crippen LogP contribution is 2.32. The van der Waals surface area contributed by atoms with Gasteiger partial charge in [-0.25, -0.2) is 4.79 Å². The van der Waals surface area contributed by atoms with Crippen molar-refractivity contribution < 1.29 is 4.42 Å². The van der Waals surface area contributed by atoms with Crippen molar-refractivity contribution in [3.8, 4) is 0 Å². The number of halogens is 1. The maximum Gasteiger partial charge on any atom is 0.419 e. The van der Waals surface area contributed by atoms with Gasteiger partial charge in [0.2, 0.25) is 0 Å². The summed E-state index contributed by atoms with van der Waals surface area (Å²) in [5.74, 6) is 0.0522. The summed E-state index contributed by atoms with van der Waals surface area (Å²) in [6.45, 7) is 4.23. The van der Waals surface area contributed by atoms with E-state index in [9.17, 15) is 4.79 Å². The Morgan fingerprint density at radius 3 is 2.82 bits per heavy atom. The summed E-state index contributed by atoms with van der Waals surface area (Å²) in [6.07, 6.45) is 1.02. The van der Waals surface area contributed by atoms with E-state index in [1.807, 2.05) is 18.2 Å². The van der Waals surface area contributed by atoms with Crippen molar-refractivity contribution in [3.05, 3.63) is 34.3 Å². The molecule has 1 aromatic carbocycles. The van der Waals surface area contributed by atoms with Gasteiger partial charge in [-0.3, -0.25) is 4.57 Å². The van der Waals surface area contributed by atoms with Crippen LogP contribution in [0.5, 0.6) is 0 Å². The largest absolute Gasteiger partial charge is 0.419 e. The number of oxazole rings is 1. The highest BCUT2D eigenvalue weighted by atomic mass is 35.5. The van der Waals surface area contributed by atoms with Crippen molar-refractivity contribution >= 4 is 22.7 Å². The lowest BCUT2D eigenvalue weighted by atomic mass is 9.98. The molecule has 0 saturated carbocycles. The molecule has 2 atom stereocenters. The standard InChI is InChI=1S/C13H16ClNO2/c1-4-8(2)12(14)9-5-6-10-11(7-9)17-13(16)15(10)3/h5-8,12H,4H2,1-3H3. The first-order chi connectivity index (χ1) is 8.04. The van der Waals surface area contributed by atoms with E-state index in [4.69, 9.17) is 16.0 Å². The van der Waals surface area contributed by atoms with E-state index < -0.39 is 0 Å². The zero-order chi connectivity index (χ0) is 12.6. The lowest BCUT2D eigenvalue weighted by Gasteiger charge is -2.16. The molecule has 0 amide bonds. The minimum atomic E-state index is -0.341. The van der Waals surface area contributed by atoms with Crippen molar-refractivity contribution in [1.29, 1.82) is 0 Å². The third-order valence-electron chi connectivity index (χ3n) is 3.28. The van der Waals surface area contributed by atoms with E-state index in [-0.39, 0.29) is 11.1 Å². The molecule has 0 N–H and O–H groups in total. The van der Waals surface area contributed by atoms with E-state index in [0.29, 0.717) is 11.5 Å². The third kappa shape index (κ3) is 2.12. The van der Waals surface area contributed by atoms with Crippen LogP contribution in [0.1, 0.15) is 31.2 Å². The van der Waals surface area contributed by atoms with Crippen LogP contribution < -0.4 is 5.76 Å². The van der Waals surface area contributed by atoms with Gasteiger partial charge in [-0.2, -0.15) is 0 Å². The number of nitrogens with zero attached hydrogens (tertiary/aromatic N) is 1. The van der Waals surface area contributed by atoms with Gasteiger partial charge >= 0.3 is 5.76 Å². The summed E-state index contributed by atoms with van der Waals surface area (Å²) in [7, 11) is 1.70. The van der Waals surface area contributed by atoms with Crippen molar-refractivity contribution in [2.45, 2.75) is 25.6 Å². The summed E-state index contributed by atoms with van der Waals surface area (Å²) in [4.78, 5) is 11.4. The lowest BCUT2D eigenvalue weighted by Crippen LogP contribution is -2.08. The highest BCUT2D eigenvalue weighted by molar-refractivity contribution is 6.21. The Kier molecular flexibility index (Phi) is 3.29. The molecule has 17 heavy (non-hydrogen) atoms. The van der Waals surface area contributed by atoms with Crippen LogP contribution in [0.3, 0.4) is 0 Å². The average molecular weight is 254 g/mol. The van der Waals surface area contributed by atoms with E-state index in [2.05, 4.69) is 13.8 Å². The van der Waals surface area contributed by atoms with Gasteiger partial charge < -0.3 is 4.42 Å². The van der Waals surface area contributed by atoms with Crippen LogP contribution in [0, 0.1) is 5.92 Å². The Morgan fingerprint density at radius 1 is 1.47 bits per heavy atom. The van der Waals surface area contributed by atoms with E-state index >= 15 is 0 Å². The molecule has 3 nitrogen and oxygen atoms in total. The van der Waals surface area contributed by atoms with Crippen LogP contribution in [0.25, 0.3) is 11.1 Å². The summed E-state index contributed by atoms with van der Waals surface area (Å²) in [5.41, 5.74) is 2.40. The topological polar surface area (TPSA) is 35.1 Å². The second-order valence-corrected chi connectivity index (χ2v) is 4.91. The number of hydrogen-bond donors (Lipinski definition) is 0. The van der Waals surface area contributed by atoms with Crippen LogP contribution in [-0.4, -0.2) is 4.57 Å². The van der Waals surface area contributed by atoms with Crippen LogP contribution in [0.15, 0.2) is 27.4 Å². The molecule has 4 heteroatoms. The van der Waals surface area contributed by atoms with Gasteiger partial charge in [0.15, 0.2) is 5.58 Å². The maximum atomic E-state index is 11.4. The van der Waals surface area contributed by atoms with Crippen LogP contribution in [0.2, 0.25) is 0 Å². The van der Waals surface area contributed by atoms with Crippen LogP contribution in [0.4, 0.5) is 0 Å². The molecule has 0 aliphatic carbocycles. The number of aryl methyl sites for hydroxylation is 1. The summed E-state index contributed by atoms with van der Waals surface area (Å²) < 4.78 is 6.64. The molecular weight excluding hydrogens is 238 g/mol. The molecular formula is C13H16ClNO2. The Hall–Kier alpha value is -1.22. The molecule has 0 bridgehead atoms. The summed E-state index contributed by atoms with van der Waals surface area (Å²) >= 11 is 6.38. The predicted octanol–water partition coefficient (Wildman–Crippen LogP) is 3.46. The Labute approximate surface area is 105 Å². The zero-order valence-corrected chi connectivity index (χ0v) is 11.0. The average Bonchev–Trinajstić information content (AvgIpc) is 2.62. The van der Waals surface area contributed by atoms with Gasteiger partial charge in [-0.15, -0.1) is 11.6 Å². The van der Waals surface area contributed by atoms with Gasteiger partial charge in [0.05, 0.1) is 10.9 Å². The van der Waals surface area contributed by atoms with E-state index in [1.54, 1.807) is 7.05 Å². The third-order valence-corrected chi connectivity index (χ3v) is 3.96. The van der Waals surface area contributed by atoms with E-state index in [1.165, 1.54) is 4.57 Å². The monoisotopic (exact) mass is 253 g/mol. The van der Waals surface area contributed by atoms with Crippen LogP contribution in [-0.2, 0) is 7.05 Å². The molecule has 0 radical (unpaired) electrons. The van der Waals surface area contributed by atoms with Crippen molar-refractivity contribution in [2.75, 3.05) is 0 Å². The van der Waals surface area contributed by atoms with Crippen molar-refractivity contribution in [2.24, 2.45) is 13.0 Å². The van der Waals surface area contributed by atoms with Gasteiger partial charge in [0.1, 0.15) is 0 Å². The molecule has 2 rings (SSSR count). The quantitative estimate of drug-likeness (QED) is 0.786. The van der Waals surface area contributed by atoms with Crippen LogP contribution >= 0.6 is 11.6 Å². The number of rotatable bonds is 3. The molecule has 2 unspecified atom stereocenters. The normalized spacial score (nSPS) is 15.1. The molecule has 2 aromatic rings. The SMILES string of the molecule is CCC(C)C(Cl)c1ccc2c(c1)oc(=O)n2C. The summed E-state index contributed by atoms with van der Waals surface area (Å²) in [6, 6.07) is 5.70. The minimum Gasteiger partial charge on any atom is -0.408 e. The highest BCUT2D eigenvalue weighted by Gasteiger charge is 2.16. The number of aromatic nitrogens is 1. The van der Waals surface area contributed by atoms with Crippen molar-refractivity contribution in [3.63, 3.8) is 0 Å². The second-order valence-electron chi connectivity index (χ2n) is 4.44. The Morgan fingerprint density at radius 2 is 2.18 bits per heavy atom. The van der Waals surface area contributed by atoms with Gasteiger partial charge in [-0.1, -0.05) is 26.3 Å². The number of benzene rings is 1. The van der Waals surface area contributed by atoms with E-state index in [0.717, 1.165) is 17.5 Å². The van der Waals surface area contributed by atoms with Crippen molar-refractivity contribution in [1.82, 2.24) is 4.57 Å². The fourth-order valence-corrected chi connectivity index (χ4v) is 2.17. The molecule has 92 valence electrons. The van der Waals surface area contributed by atoms with Gasteiger partial charge in [0, 0.05) is 7.05 Å². The fraction of sp³-hybridized carbons (Fsp3) is 0.462. The fourth-order valence-electron chi connectivity index (χ4n) is 1.86. The zero-order valence-electron chi connectivity index (χ0n) is 10.2. The summed E-state index contributed by atoms with van der Waals surface area (Å²) in [5, 5.41) is -0.0464. The molecule has 0 spiro atoms. The molecule has 1 aromatic heterocycles. The first-order valence-corrected chi connectivity index (χ1v) is 6.21. The Balaban J connectivity index is 2.48. The molecule has 0 aliphatic heterocycles. The molecule has 1 heterocycles. The lowest BCUT2D eigenvalue weighted by molar-refractivity contribution is 0.525. The minimum absolute atomic E-state index is 0.0464. The van der Waals surface area contributed by atoms with Gasteiger partial charge in [-0.05, 0) is 23.6 Å². The number of hydrogen-bond acceptors (Lipinski definition) is 2. The van der Waals surface area contributed by atoms with Gasteiger partial charge in [0.25, 0.3) is 0 Å². The second kappa shape index (κ2) is 4.57. The maximum absolute atomic E-state index is 11.4.